The zero-order chi connectivity index (χ0) is 18.5. The molecule has 0 aliphatic carbocycles. The number of nitrogens with zero attached hydrogens (tertiary/aromatic N) is 4. The molecule has 138 valence electrons. The minimum Gasteiger partial charge on any atom is -0.317 e. The fraction of sp³-hybridized carbons (Fsp3) is 0.350. The number of hydrogen-bond acceptors (Lipinski definition) is 5. The third-order valence-electron chi connectivity index (χ3n) is 5.32. The zero-order valence-corrected chi connectivity index (χ0v) is 16.2. The van der Waals surface area contributed by atoms with Crippen molar-refractivity contribution in [1.29, 1.82) is 0 Å². The second-order valence-corrected chi connectivity index (χ2v) is 8.30. The Labute approximate surface area is 160 Å². The van der Waals surface area contributed by atoms with Gasteiger partial charge in [-0.05, 0) is 50.6 Å². The molecule has 0 spiro atoms. The van der Waals surface area contributed by atoms with Crippen molar-refractivity contribution < 1.29 is 4.79 Å². The summed E-state index contributed by atoms with van der Waals surface area (Å²) in [5.41, 5.74) is 3.67. The topological polar surface area (TPSA) is 64.2 Å². The number of Topliss-reactive ketones (excluding diaryl/α,β-unsaturated/α-hetero) is 1. The van der Waals surface area contributed by atoms with Gasteiger partial charge in [-0.1, -0.05) is 11.3 Å². The van der Waals surface area contributed by atoms with Crippen molar-refractivity contribution >= 4 is 33.0 Å². The molecule has 0 saturated carbocycles. The van der Waals surface area contributed by atoms with E-state index in [0.29, 0.717) is 11.5 Å². The minimum absolute atomic E-state index is 0.0371. The molecule has 4 heterocycles. The van der Waals surface area contributed by atoms with E-state index in [-0.39, 0.29) is 5.78 Å². The van der Waals surface area contributed by atoms with Crippen LogP contribution in [0.1, 0.15) is 41.7 Å². The SMILES string of the molecule is CC(=O)c1cc(-c2cn3cc(C4CCNCC4)nc3s2)cc2cn(C)nc12. The Morgan fingerprint density at radius 3 is 2.78 bits per heavy atom. The van der Waals surface area contributed by atoms with Crippen molar-refractivity contribution in [2.45, 2.75) is 25.7 Å². The Hall–Kier alpha value is -2.51. The molecule has 0 unspecified atom stereocenters. The molecule has 7 heteroatoms. The van der Waals surface area contributed by atoms with Gasteiger partial charge in [0.2, 0.25) is 0 Å². The number of ketones is 1. The lowest BCUT2D eigenvalue weighted by Crippen LogP contribution is -2.26. The van der Waals surface area contributed by atoms with Crippen LogP contribution in [0.25, 0.3) is 26.3 Å². The van der Waals surface area contributed by atoms with Gasteiger partial charge in [0.05, 0.1) is 10.6 Å². The Morgan fingerprint density at radius 2 is 2.04 bits per heavy atom. The first kappa shape index (κ1) is 16.6. The van der Waals surface area contributed by atoms with E-state index in [4.69, 9.17) is 4.98 Å². The lowest BCUT2D eigenvalue weighted by Gasteiger charge is -2.20. The normalized spacial score (nSPS) is 15.8. The predicted octanol–water partition coefficient (Wildman–Crippen LogP) is 3.62. The van der Waals surface area contributed by atoms with Crippen LogP contribution in [0, 0.1) is 0 Å². The molecular weight excluding hydrogens is 358 g/mol. The van der Waals surface area contributed by atoms with Crippen LogP contribution in [0.2, 0.25) is 0 Å². The van der Waals surface area contributed by atoms with Crippen LogP contribution in [0.15, 0.2) is 30.7 Å². The first-order valence-electron chi connectivity index (χ1n) is 9.26. The first-order chi connectivity index (χ1) is 13.1. The van der Waals surface area contributed by atoms with E-state index < -0.39 is 0 Å². The van der Waals surface area contributed by atoms with Crippen molar-refractivity contribution in [2.75, 3.05) is 13.1 Å². The van der Waals surface area contributed by atoms with Gasteiger partial charge >= 0.3 is 0 Å². The molecule has 0 atom stereocenters. The molecular formula is C20H21N5OS. The highest BCUT2D eigenvalue weighted by molar-refractivity contribution is 7.20. The zero-order valence-electron chi connectivity index (χ0n) is 15.4. The number of carbonyl (C=O) groups excluding carboxylic acids is 1. The largest absolute Gasteiger partial charge is 0.317 e. The maximum atomic E-state index is 12.1. The lowest BCUT2D eigenvalue weighted by atomic mass is 9.95. The number of piperidine rings is 1. The molecule has 3 aromatic heterocycles. The molecule has 0 amide bonds. The standard InChI is InChI=1S/C20H21N5OS/c1-12(26)16-8-14(7-15-9-24(2)23-19(15)16)18-11-25-10-17(22-20(25)27-18)13-3-5-21-6-4-13/h7-11,13,21H,3-6H2,1-2H3. The van der Waals surface area contributed by atoms with Gasteiger partial charge in [0, 0.05) is 42.5 Å². The smallest absolute Gasteiger partial charge is 0.194 e. The van der Waals surface area contributed by atoms with Gasteiger partial charge < -0.3 is 5.32 Å². The number of hydrogen-bond donors (Lipinski definition) is 1. The number of benzene rings is 1. The molecule has 6 nitrogen and oxygen atoms in total. The third-order valence-corrected chi connectivity index (χ3v) is 6.36. The van der Waals surface area contributed by atoms with Crippen molar-refractivity contribution in [3.63, 3.8) is 0 Å². The van der Waals surface area contributed by atoms with Crippen molar-refractivity contribution in [3.05, 3.63) is 42.0 Å². The van der Waals surface area contributed by atoms with E-state index in [1.165, 1.54) is 5.69 Å². The van der Waals surface area contributed by atoms with E-state index in [0.717, 1.165) is 52.2 Å². The summed E-state index contributed by atoms with van der Waals surface area (Å²) in [7, 11) is 1.88. The van der Waals surface area contributed by atoms with Gasteiger partial charge in [-0.15, -0.1) is 0 Å². The molecule has 1 aromatic carbocycles. The Kier molecular flexibility index (Phi) is 3.87. The summed E-state index contributed by atoms with van der Waals surface area (Å²) in [5.74, 6) is 0.591. The summed E-state index contributed by atoms with van der Waals surface area (Å²) < 4.78 is 3.88. The quantitative estimate of drug-likeness (QED) is 0.552. The van der Waals surface area contributed by atoms with Crippen LogP contribution < -0.4 is 5.32 Å². The molecule has 1 aliphatic rings. The number of carbonyl (C=O) groups is 1. The maximum absolute atomic E-state index is 12.1. The van der Waals surface area contributed by atoms with Crippen molar-refractivity contribution in [3.8, 4) is 10.4 Å². The third kappa shape index (κ3) is 2.87. The van der Waals surface area contributed by atoms with E-state index in [1.54, 1.807) is 22.9 Å². The van der Waals surface area contributed by atoms with Crippen LogP contribution in [-0.4, -0.2) is 38.0 Å². The highest BCUT2D eigenvalue weighted by Gasteiger charge is 2.20. The fourth-order valence-electron chi connectivity index (χ4n) is 3.93. The van der Waals surface area contributed by atoms with Crippen molar-refractivity contribution in [2.24, 2.45) is 7.05 Å². The second kappa shape index (κ2) is 6.28. The van der Waals surface area contributed by atoms with E-state index in [1.807, 2.05) is 19.3 Å². The van der Waals surface area contributed by atoms with Gasteiger partial charge in [0.25, 0.3) is 0 Å². The molecule has 1 aliphatic heterocycles. The van der Waals surface area contributed by atoms with Crippen molar-refractivity contribution in [1.82, 2.24) is 24.5 Å². The number of nitrogens with one attached hydrogen (secondary N) is 1. The first-order valence-corrected chi connectivity index (χ1v) is 10.1. The molecule has 0 bridgehead atoms. The number of rotatable bonds is 3. The Morgan fingerprint density at radius 1 is 1.22 bits per heavy atom. The molecule has 1 saturated heterocycles. The van der Waals surface area contributed by atoms with Gasteiger partial charge in [0.1, 0.15) is 5.52 Å². The predicted molar refractivity (Wildman–Crippen MR) is 108 cm³/mol. The number of aromatic nitrogens is 4. The molecule has 1 fully saturated rings. The number of aryl methyl sites for hydroxylation is 1. The lowest BCUT2D eigenvalue weighted by molar-refractivity contribution is 0.101. The summed E-state index contributed by atoms with van der Waals surface area (Å²) in [6.45, 7) is 3.74. The van der Waals surface area contributed by atoms with Crippen LogP contribution >= 0.6 is 11.3 Å². The van der Waals surface area contributed by atoms with E-state index in [2.05, 4.69) is 33.3 Å². The summed E-state index contributed by atoms with van der Waals surface area (Å²) >= 11 is 1.67. The highest BCUT2D eigenvalue weighted by Crippen LogP contribution is 2.34. The van der Waals surface area contributed by atoms with Crippen LogP contribution in [0.5, 0.6) is 0 Å². The Bertz CT molecular complexity index is 1130. The van der Waals surface area contributed by atoms with E-state index >= 15 is 0 Å². The molecule has 1 N–H and O–H groups in total. The monoisotopic (exact) mass is 379 g/mol. The summed E-state index contributed by atoms with van der Waals surface area (Å²) in [6, 6.07) is 4.06. The number of imidazole rings is 1. The van der Waals surface area contributed by atoms with Crippen LogP contribution in [0.3, 0.4) is 0 Å². The maximum Gasteiger partial charge on any atom is 0.194 e. The average Bonchev–Trinajstić information content (AvgIpc) is 3.32. The van der Waals surface area contributed by atoms with Crippen LogP contribution in [-0.2, 0) is 7.05 Å². The Balaban J connectivity index is 1.56. The van der Waals surface area contributed by atoms with E-state index in [9.17, 15) is 4.79 Å². The van der Waals surface area contributed by atoms with Gasteiger partial charge in [-0.3, -0.25) is 13.9 Å². The van der Waals surface area contributed by atoms with Gasteiger partial charge in [0.15, 0.2) is 10.7 Å². The number of fused-ring (bicyclic) bond motifs is 2. The molecule has 27 heavy (non-hydrogen) atoms. The van der Waals surface area contributed by atoms with Gasteiger partial charge in [-0.25, -0.2) is 4.98 Å². The molecule has 4 aromatic rings. The molecule has 0 radical (unpaired) electrons. The molecule has 5 rings (SSSR count). The average molecular weight is 379 g/mol. The fourth-order valence-corrected chi connectivity index (χ4v) is 4.89. The minimum atomic E-state index is 0.0371. The second-order valence-electron chi connectivity index (χ2n) is 7.30. The summed E-state index contributed by atoms with van der Waals surface area (Å²) in [5, 5.41) is 8.84. The number of thiazole rings is 1. The summed E-state index contributed by atoms with van der Waals surface area (Å²) in [6.07, 6.45) is 8.55. The van der Waals surface area contributed by atoms with Gasteiger partial charge in [-0.2, -0.15) is 5.10 Å². The summed E-state index contributed by atoms with van der Waals surface area (Å²) in [4.78, 5) is 19.1. The highest BCUT2D eigenvalue weighted by atomic mass is 32.1. The van der Waals surface area contributed by atoms with Crippen LogP contribution in [0.4, 0.5) is 0 Å².